The first kappa shape index (κ1) is 20.3. The van der Waals surface area contributed by atoms with Crippen LogP contribution in [0.25, 0.3) is 11.1 Å². The number of aromatic amines is 1. The maximum Gasteiger partial charge on any atom is 0.165 e. The van der Waals surface area contributed by atoms with E-state index in [-0.39, 0.29) is 0 Å². The number of aromatic nitrogens is 7. The van der Waals surface area contributed by atoms with E-state index in [1.165, 1.54) is 5.69 Å². The van der Waals surface area contributed by atoms with E-state index in [9.17, 15) is 0 Å². The molecule has 1 atom stereocenters. The lowest BCUT2D eigenvalue weighted by atomic mass is 9.91. The summed E-state index contributed by atoms with van der Waals surface area (Å²) in [7, 11) is 1.67. The van der Waals surface area contributed by atoms with Crippen molar-refractivity contribution in [2.45, 2.75) is 31.8 Å². The smallest absolute Gasteiger partial charge is 0.165 e. The van der Waals surface area contributed by atoms with Crippen LogP contribution in [-0.2, 0) is 13.1 Å². The van der Waals surface area contributed by atoms with Gasteiger partial charge in [-0.05, 0) is 65.2 Å². The Hall–Kier alpha value is -3.59. The second kappa shape index (κ2) is 9.27. The zero-order valence-electron chi connectivity index (χ0n) is 18.1. The summed E-state index contributed by atoms with van der Waals surface area (Å²) in [6, 6.07) is 12.1. The number of tetrazole rings is 1. The summed E-state index contributed by atoms with van der Waals surface area (Å²) in [5.41, 5.74) is 4.63. The number of nitrogens with zero attached hydrogens (tertiary/aromatic N) is 7. The van der Waals surface area contributed by atoms with Crippen LogP contribution in [-0.4, -0.2) is 60.5 Å². The Labute approximate surface area is 186 Å². The fraction of sp³-hybridized carbons (Fsp3) is 0.348. The van der Waals surface area contributed by atoms with Crippen LogP contribution in [0.1, 0.15) is 35.8 Å². The van der Waals surface area contributed by atoms with E-state index in [1.54, 1.807) is 7.11 Å². The fourth-order valence-electron chi connectivity index (χ4n) is 4.37. The molecule has 1 fully saturated rings. The van der Waals surface area contributed by atoms with Gasteiger partial charge in [0.05, 0.1) is 26.4 Å². The number of piperidine rings is 1. The maximum absolute atomic E-state index is 5.24. The summed E-state index contributed by atoms with van der Waals surface area (Å²) in [4.78, 5) is 6.56. The van der Waals surface area contributed by atoms with Gasteiger partial charge in [-0.2, -0.15) is 5.10 Å². The molecule has 1 aliphatic rings. The first-order valence-corrected chi connectivity index (χ1v) is 10.8. The lowest BCUT2D eigenvalue weighted by molar-refractivity contribution is 0.191. The Balaban J connectivity index is 1.28. The van der Waals surface area contributed by atoms with E-state index < -0.39 is 0 Å². The van der Waals surface area contributed by atoms with Crippen molar-refractivity contribution in [2.24, 2.45) is 0 Å². The molecule has 4 aromatic rings. The van der Waals surface area contributed by atoms with Gasteiger partial charge in [-0.1, -0.05) is 12.1 Å². The number of likely N-dealkylation sites (tertiary alicyclic amines) is 1. The van der Waals surface area contributed by atoms with E-state index in [0.717, 1.165) is 60.7 Å². The van der Waals surface area contributed by atoms with Gasteiger partial charge in [0.25, 0.3) is 0 Å². The van der Waals surface area contributed by atoms with Crippen molar-refractivity contribution in [2.75, 3.05) is 20.2 Å². The molecule has 0 amide bonds. The third kappa shape index (κ3) is 4.38. The zero-order valence-corrected chi connectivity index (χ0v) is 18.1. The van der Waals surface area contributed by atoms with Gasteiger partial charge in [0.2, 0.25) is 0 Å². The Morgan fingerprint density at radius 1 is 1.09 bits per heavy atom. The third-order valence-corrected chi connectivity index (χ3v) is 6.04. The molecule has 0 aliphatic carbocycles. The van der Waals surface area contributed by atoms with Crippen molar-refractivity contribution in [3.63, 3.8) is 0 Å². The molecule has 0 unspecified atom stereocenters. The van der Waals surface area contributed by atoms with Crippen molar-refractivity contribution in [1.82, 2.24) is 40.3 Å². The molecule has 9 heteroatoms. The maximum atomic E-state index is 5.24. The molecule has 1 aromatic carbocycles. The molecule has 4 heterocycles. The molecule has 9 nitrogen and oxygen atoms in total. The average Bonchev–Trinajstić information content (AvgIpc) is 3.50. The number of hydrogen-bond acceptors (Lipinski definition) is 7. The molecular formula is C23H26N8O. The average molecular weight is 431 g/mol. The number of pyridine rings is 1. The molecule has 0 radical (unpaired) electrons. The summed E-state index contributed by atoms with van der Waals surface area (Å²) < 4.78 is 7.12. The van der Waals surface area contributed by atoms with Crippen LogP contribution in [0.3, 0.4) is 0 Å². The van der Waals surface area contributed by atoms with Crippen LogP contribution < -0.4 is 4.74 Å². The van der Waals surface area contributed by atoms with Crippen LogP contribution in [0.15, 0.2) is 55.0 Å². The number of nitrogens with one attached hydrogen (secondary N) is 1. The third-order valence-electron chi connectivity index (χ3n) is 6.04. The van der Waals surface area contributed by atoms with Crippen LogP contribution in [0, 0.1) is 0 Å². The lowest BCUT2D eigenvalue weighted by Gasteiger charge is -2.32. The Morgan fingerprint density at radius 3 is 2.75 bits per heavy atom. The molecule has 1 aliphatic heterocycles. The standard InChI is InChI=1S/C23H26N8O/c1-32-20-6-4-17(5-7-20)14-31-22(26-28-29-31)16-30-12-2-3-19(15-30)23-21(13-25-27-23)18-8-10-24-11-9-18/h4-11,13,19H,2-3,12,14-16H2,1H3,(H,25,27)/t19-/m0/s1. The largest absolute Gasteiger partial charge is 0.497 e. The van der Waals surface area contributed by atoms with E-state index in [1.807, 2.05) is 59.7 Å². The number of hydrogen-bond donors (Lipinski definition) is 1. The summed E-state index contributed by atoms with van der Waals surface area (Å²) >= 11 is 0. The van der Waals surface area contributed by atoms with E-state index in [2.05, 4.69) is 35.6 Å². The Morgan fingerprint density at radius 2 is 1.94 bits per heavy atom. The van der Waals surface area contributed by atoms with Gasteiger partial charge in [-0.15, -0.1) is 5.10 Å². The predicted molar refractivity (Wildman–Crippen MR) is 119 cm³/mol. The van der Waals surface area contributed by atoms with E-state index in [0.29, 0.717) is 12.5 Å². The quantitative estimate of drug-likeness (QED) is 0.481. The highest BCUT2D eigenvalue weighted by Crippen LogP contribution is 2.33. The van der Waals surface area contributed by atoms with Gasteiger partial charge in [-0.3, -0.25) is 15.0 Å². The summed E-state index contributed by atoms with van der Waals surface area (Å²) in [5, 5.41) is 20.0. The molecule has 32 heavy (non-hydrogen) atoms. The van der Waals surface area contributed by atoms with Crippen molar-refractivity contribution in [3.05, 3.63) is 72.1 Å². The van der Waals surface area contributed by atoms with Gasteiger partial charge in [-0.25, -0.2) is 4.68 Å². The van der Waals surface area contributed by atoms with Crippen molar-refractivity contribution in [1.29, 1.82) is 0 Å². The molecule has 164 valence electrons. The second-order valence-electron chi connectivity index (χ2n) is 8.11. The number of benzene rings is 1. The van der Waals surface area contributed by atoms with Crippen LogP contribution in [0.5, 0.6) is 5.75 Å². The molecule has 0 spiro atoms. The summed E-state index contributed by atoms with van der Waals surface area (Å²) in [5.74, 6) is 2.11. The molecule has 3 aromatic heterocycles. The first-order chi connectivity index (χ1) is 15.8. The zero-order chi connectivity index (χ0) is 21.8. The molecule has 5 rings (SSSR count). The van der Waals surface area contributed by atoms with E-state index >= 15 is 0 Å². The highest BCUT2D eigenvalue weighted by Gasteiger charge is 2.26. The van der Waals surface area contributed by atoms with Gasteiger partial charge >= 0.3 is 0 Å². The monoisotopic (exact) mass is 430 g/mol. The number of ether oxygens (including phenoxy) is 1. The van der Waals surface area contributed by atoms with Gasteiger partial charge in [0.15, 0.2) is 5.82 Å². The van der Waals surface area contributed by atoms with Crippen LogP contribution in [0.2, 0.25) is 0 Å². The van der Waals surface area contributed by atoms with Gasteiger partial charge in [0, 0.05) is 36.1 Å². The lowest BCUT2D eigenvalue weighted by Crippen LogP contribution is -2.35. The number of methoxy groups -OCH3 is 1. The predicted octanol–water partition coefficient (Wildman–Crippen LogP) is 2.89. The minimum Gasteiger partial charge on any atom is -0.497 e. The number of rotatable bonds is 7. The molecule has 1 saturated heterocycles. The van der Waals surface area contributed by atoms with Crippen molar-refractivity contribution >= 4 is 0 Å². The SMILES string of the molecule is COc1ccc(Cn2nnnc2CN2CCC[C@H](c3[nH]ncc3-c3ccncc3)C2)cc1. The summed E-state index contributed by atoms with van der Waals surface area (Å²) in [6.45, 7) is 3.33. The van der Waals surface area contributed by atoms with Gasteiger partial charge < -0.3 is 4.74 Å². The topological polar surface area (TPSA) is 97.6 Å². The highest BCUT2D eigenvalue weighted by molar-refractivity contribution is 5.65. The minimum absolute atomic E-state index is 0.389. The fourth-order valence-corrected chi connectivity index (χ4v) is 4.37. The van der Waals surface area contributed by atoms with Crippen LogP contribution in [0.4, 0.5) is 0 Å². The molecule has 0 bridgehead atoms. The first-order valence-electron chi connectivity index (χ1n) is 10.8. The van der Waals surface area contributed by atoms with Gasteiger partial charge in [0.1, 0.15) is 5.75 Å². The highest BCUT2D eigenvalue weighted by atomic mass is 16.5. The van der Waals surface area contributed by atoms with Crippen LogP contribution >= 0.6 is 0 Å². The molecular weight excluding hydrogens is 404 g/mol. The number of H-pyrrole nitrogens is 1. The van der Waals surface area contributed by atoms with E-state index in [4.69, 9.17) is 4.74 Å². The van der Waals surface area contributed by atoms with Crippen molar-refractivity contribution in [3.8, 4) is 16.9 Å². The normalized spacial score (nSPS) is 16.8. The minimum atomic E-state index is 0.389. The molecule has 1 N–H and O–H groups in total. The Kier molecular flexibility index (Phi) is 5.89. The van der Waals surface area contributed by atoms with Crippen molar-refractivity contribution < 1.29 is 4.74 Å². The second-order valence-corrected chi connectivity index (χ2v) is 8.11. The Bertz CT molecular complexity index is 1140. The summed E-state index contributed by atoms with van der Waals surface area (Å²) in [6.07, 6.45) is 7.82. The molecule has 0 saturated carbocycles.